The third-order valence-electron chi connectivity index (χ3n) is 3.67. The molecule has 0 bridgehead atoms. The Morgan fingerprint density at radius 3 is 2.39 bits per heavy atom. The fraction of sp³-hybridized carbons (Fsp3) is 0.529. The van der Waals surface area contributed by atoms with Gasteiger partial charge in [-0.05, 0) is 49.9 Å². The van der Waals surface area contributed by atoms with Crippen LogP contribution < -0.4 is 5.32 Å². The lowest BCUT2D eigenvalue weighted by molar-refractivity contribution is 0.390. The monoisotopic (exact) mass is 245 g/mol. The fourth-order valence-corrected chi connectivity index (χ4v) is 2.29. The summed E-state index contributed by atoms with van der Waals surface area (Å²) in [6, 6.07) is 6.53. The van der Waals surface area contributed by atoms with Gasteiger partial charge in [-0.1, -0.05) is 38.1 Å². The van der Waals surface area contributed by atoms with Crippen molar-refractivity contribution >= 4 is 0 Å². The Bertz CT molecular complexity index is 374. The van der Waals surface area contributed by atoms with E-state index in [0.29, 0.717) is 0 Å². The Balaban J connectivity index is 2.81. The van der Waals surface area contributed by atoms with Gasteiger partial charge in [0.15, 0.2) is 0 Å². The topological polar surface area (TPSA) is 12.0 Å². The molecule has 1 N–H and O–H groups in total. The third kappa shape index (κ3) is 3.99. The highest BCUT2D eigenvalue weighted by molar-refractivity contribution is 5.35. The summed E-state index contributed by atoms with van der Waals surface area (Å²) in [6.45, 7) is 15.0. The Morgan fingerprint density at radius 2 is 1.89 bits per heavy atom. The van der Waals surface area contributed by atoms with Gasteiger partial charge in [0.25, 0.3) is 0 Å². The van der Waals surface area contributed by atoms with Gasteiger partial charge in [0, 0.05) is 12.0 Å². The zero-order valence-electron chi connectivity index (χ0n) is 12.3. The molecule has 0 heterocycles. The number of rotatable bonds is 7. The standard InChI is InChI=1S/C17H27N/c1-6-11-18-13-17(5,7-2)12-16-14(3)9-8-10-15(16)4/h7-10,18H,2,6,11-13H2,1,3-5H3. The van der Waals surface area contributed by atoms with Gasteiger partial charge in [0.2, 0.25) is 0 Å². The second-order valence-corrected chi connectivity index (χ2v) is 5.58. The normalized spacial score (nSPS) is 14.2. The number of hydrogen-bond donors (Lipinski definition) is 1. The molecule has 18 heavy (non-hydrogen) atoms. The van der Waals surface area contributed by atoms with E-state index in [0.717, 1.165) is 19.5 Å². The predicted octanol–water partition coefficient (Wildman–Crippen LogP) is 4.04. The molecule has 1 nitrogen and oxygen atoms in total. The molecule has 0 aliphatic heterocycles. The first kappa shape index (κ1) is 15.0. The molecule has 0 spiro atoms. The maximum absolute atomic E-state index is 4.03. The summed E-state index contributed by atoms with van der Waals surface area (Å²) in [4.78, 5) is 0. The number of nitrogens with one attached hydrogen (secondary N) is 1. The van der Waals surface area contributed by atoms with E-state index in [4.69, 9.17) is 0 Å². The highest BCUT2D eigenvalue weighted by Crippen LogP contribution is 2.27. The van der Waals surface area contributed by atoms with Crippen LogP contribution in [0.1, 0.15) is 37.0 Å². The molecule has 0 radical (unpaired) electrons. The maximum Gasteiger partial charge on any atom is 0.00430 e. The van der Waals surface area contributed by atoms with Crippen LogP contribution >= 0.6 is 0 Å². The molecule has 0 aliphatic rings. The average molecular weight is 245 g/mol. The van der Waals surface area contributed by atoms with Crippen molar-refractivity contribution in [3.05, 3.63) is 47.5 Å². The minimum Gasteiger partial charge on any atom is -0.316 e. The summed E-state index contributed by atoms with van der Waals surface area (Å²) in [7, 11) is 0. The van der Waals surface area contributed by atoms with Crippen molar-refractivity contribution in [1.29, 1.82) is 0 Å². The Labute approximate surface area is 112 Å². The minimum atomic E-state index is 0.131. The zero-order chi connectivity index (χ0) is 13.6. The quantitative estimate of drug-likeness (QED) is 0.565. The third-order valence-corrected chi connectivity index (χ3v) is 3.67. The zero-order valence-corrected chi connectivity index (χ0v) is 12.3. The number of aryl methyl sites for hydroxylation is 2. The molecule has 0 amide bonds. The van der Waals surface area contributed by atoms with E-state index in [1.165, 1.54) is 23.1 Å². The van der Waals surface area contributed by atoms with Crippen molar-refractivity contribution in [2.45, 2.75) is 40.5 Å². The lowest BCUT2D eigenvalue weighted by atomic mass is 9.81. The maximum atomic E-state index is 4.03. The molecular weight excluding hydrogens is 218 g/mol. The fourth-order valence-electron chi connectivity index (χ4n) is 2.29. The summed E-state index contributed by atoms with van der Waals surface area (Å²) < 4.78 is 0. The Morgan fingerprint density at radius 1 is 1.28 bits per heavy atom. The summed E-state index contributed by atoms with van der Waals surface area (Å²) >= 11 is 0. The van der Waals surface area contributed by atoms with E-state index in [1.54, 1.807) is 0 Å². The van der Waals surface area contributed by atoms with Crippen LogP contribution in [0.4, 0.5) is 0 Å². The van der Waals surface area contributed by atoms with E-state index in [2.05, 4.69) is 63.9 Å². The lowest BCUT2D eigenvalue weighted by Crippen LogP contribution is -2.32. The van der Waals surface area contributed by atoms with Crippen LogP contribution in [0.5, 0.6) is 0 Å². The summed E-state index contributed by atoms with van der Waals surface area (Å²) in [6.07, 6.45) is 4.34. The van der Waals surface area contributed by atoms with Gasteiger partial charge in [0.1, 0.15) is 0 Å². The second-order valence-electron chi connectivity index (χ2n) is 5.58. The second kappa shape index (κ2) is 6.75. The molecule has 1 rings (SSSR count). The van der Waals surface area contributed by atoms with E-state index in [-0.39, 0.29) is 5.41 Å². The molecule has 1 aromatic rings. The first-order chi connectivity index (χ1) is 8.52. The SMILES string of the molecule is C=CC(C)(CNCCC)Cc1c(C)cccc1C. The van der Waals surface area contributed by atoms with Gasteiger partial charge in [-0.3, -0.25) is 0 Å². The van der Waals surface area contributed by atoms with Crippen LogP contribution in [-0.4, -0.2) is 13.1 Å². The largest absolute Gasteiger partial charge is 0.316 e. The van der Waals surface area contributed by atoms with Crippen molar-refractivity contribution in [2.75, 3.05) is 13.1 Å². The molecule has 0 fully saturated rings. The van der Waals surface area contributed by atoms with Crippen LogP contribution in [0.3, 0.4) is 0 Å². The van der Waals surface area contributed by atoms with E-state index >= 15 is 0 Å². The van der Waals surface area contributed by atoms with E-state index in [9.17, 15) is 0 Å². The molecule has 100 valence electrons. The first-order valence-electron chi connectivity index (χ1n) is 6.92. The molecule has 1 unspecified atom stereocenters. The van der Waals surface area contributed by atoms with Gasteiger partial charge in [0.05, 0.1) is 0 Å². The molecular formula is C17H27N. The van der Waals surface area contributed by atoms with Gasteiger partial charge in [-0.15, -0.1) is 6.58 Å². The van der Waals surface area contributed by atoms with Gasteiger partial charge < -0.3 is 5.32 Å². The molecule has 0 aliphatic carbocycles. The van der Waals surface area contributed by atoms with Crippen LogP contribution in [0, 0.1) is 19.3 Å². The van der Waals surface area contributed by atoms with Crippen LogP contribution in [0.15, 0.2) is 30.9 Å². The highest BCUT2D eigenvalue weighted by atomic mass is 14.9. The van der Waals surface area contributed by atoms with Crippen LogP contribution in [0.25, 0.3) is 0 Å². The average Bonchev–Trinajstić information content (AvgIpc) is 2.35. The summed E-state index contributed by atoms with van der Waals surface area (Å²) in [5, 5.41) is 3.51. The van der Waals surface area contributed by atoms with Gasteiger partial charge in [-0.25, -0.2) is 0 Å². The van der Waals surface area contributed by atoms with Crippen molar-refractivity contribution < 1.29 is 0 Å². The van der Waals surface area contributed by atoms with Crippen molar-refractivity contribution in [3.63, 3.8) is 0 Å². The van der Waals surface area contributed by atoms with Crippen molar-refractivity contribution in [3.8, 4) is 0 Å². The van der Waals surface area contributed by atoms with Gasteiger partial charge >= 0.3 is 0 Å². The molecule has 1 atom stereocenters. The summed E-state index contributed by atoms with van der Waals surface area (Å²) in [5.41, 5.74) is 4.38. The van der Waals surface area contributed by atoms with E-state index < -0.39 is 0 Å². The highest BCUT2D eigenvalue weighted by Gasteiger charge is 2.21. The van der Waals surface area contributed by atoms with Crippen molar-refractivity contribution in [1.82, 2.24) is 5.32 Å². The van der Waals surface area contributed by atoms with Crippen molar-refractivity contribution in [2.24, 2.45) is 5.41 Å². The molecule has 0 aromatic heterocycles. The predicted molar refractivity (Wildman–Crippen MR) is 81.1 cm³/mol. The number of hydrogen-bond acceptors (Lipinski definition) is 1. The molecule has 1 aromatic carbocycles. The molecule has 1 heteroatoms. The smallest absolute Gasteiger partial charge is 0.00430 e. The van der Waals surface area contributed by atoms with Crippen LogP contribution in [-0.2, 0) is 6.42 Å². The van der Waals surface area contributed by atoms with E-state index in [1.807, 2.05) is 0 Å². The summed E-state index contributed by atoms with van der Waals surface area (Å²) in [5.74, 6) is 0. The van der Waals surface area contributed by atoms with Gasteiger partial charge in [-0.2, -0.15) is 0 Å². The Hall–Kier alpha value is -1.08. The lowest BCUT2D eigenvalue weighted by Gasteiger charge is -2.28. The molecule has 0 saturated carbocycles. The molecule has 0 saturated heterocycles. The van der Waals surface area contributed by atoms with Crippen LogP contribution in [0.2, 0.25) is 0 Å². The number of benzene rings is 1. The first-order valence-corrected chi connectivity index (χ1v) is 6.92. The minimum absolute atomic E-state index is 0.131. The Kier molecular flexibility index (Phi) is 5.61.